The molecule has 0 radical (unpaired) electrons. The van der Waals surface area contributed by atoms with E-state index in [9.17, 15) is 5.11 Å². The molecule has 0 amide bonds. The van der Waals surface area contributed by atoms with E-state index in [-0.39, 0.29) is 0 Å². The summed E-state index contributed by atoms with van der Waals surface area (Å²) >= 11 is 13.9. The van der Waals surface area contributed by atoms with Crippen LogP contribution in [0.15, 0.2) is 243 Å². The maximum atomic E-state index is 11.7. The van der Waals surface area contributed by atoms with Gasteiger partial charge >= 0.3 is 0 Å². The number of nitrogens with two attached hydrogens (primary N) is 3. The third kappa shape index (κ3) is 13.4. The second-order valence-electron chi connectivity index (χ2n) is 17.4. The van der Waals surface area contributed by atoms with Crippen molar-refractivity contribution >= 4 is 165 Å². The summed E-state index contributed by atoms with van der Waals surface area (Å²) in [5, 5.41) is 13.8. The fraction of sp³-hybridized carbons (Fsp3) is 0.0312. The van der Waals surface area contributed by atoms with E-state index < -0.39 is 11.0 Å². The number of nitrogen functional groups attached to an aromatic ring is 3. The minimum absolute atomic E-state index is 0.424. The topological polar surface area (TPSA) is 98.3 Å². The van der Waals surface area contributed by atoms with Crippen molar-refractivity contribution < 1.29 is 5.11 Å². The summed E-state index contributed by atoms with van der Waals surface area (Å²) in [5.74, 6) is 0. The Hall–Kier alpha value is -4.32. The molecule has 0 spiro atoms. The van der Waals surface area contributed by atoms with E-state index in [2.05, 4.69) is 239 Å². The van der Waals surface area contributed by atoms with Crippen molar-refractivity contribution in [3.8, 4) is 0 Å². The van der Waals surface area contributed by atoms with Crippen molar-refractivity contribution in [2.24, 2.45) is 0 Å². The smallest absolute Gasteiger partial charge is 0.140 e. The quantitative estimate of drug-likeness (QED) is 0.0657. The largest absolute Gasteiger partial charge is 0.399 e. The SMILES string of the molecule is C=c1ccc(=C(c2ccc(N)cc2)c2ccc(N)cc2)cc1.Nc1ccc(C(c2ccc(I)cc2)(c2ccc(I)cc2)c2ccc(I)cc2)cc1.OC(c1ccc(I)cc1)(c1ccc(I)cc1)c1ccc(I)cc1. The zero-order valence-corrected chi connectivity index (χ0v) is 52.7. The molecule has 0 saturated heterocycles. The molecule has 0 unspecified atom stereocenters. The van der Waals surface area contributed by atoms with Crippen molar-refractivity contribution in [2.45, 2.75) is 11.0 Å². The molecule has 0 fully saturated rings. The highest BCUT2D eigenvalue weighted by Crippen LogP contribution is 2.46. The molecule has 10 aromatic carbocycles. The molecule has 74 heavy (non-hydrogen) atoms. The van der Waals surface area contributed by atoms with Crippen molar-refractivity contribution in [2.75, 3.05) is 17.2 Å². The highest BCUT2D eigenvalue weighted by molar-refractivity contribution is 14.1. The van der Waals surface area contributed by atoms with Gasteiger partial charge in [-0.15, -0.1) is 0 Å². The summed E-state index contributed by atoms with van der Waals surface area (Å²) in [6.07, 6.45) is 0. The molecule has 7 N–H and O–H groups in total. The molecule has 368 valence electrons. The minimum atomic E-state index is -1.15. The van der Waals surface area contributed by atoms with Crippen LogP contribution in [0, 0.1) is 21.4 Å². The molecule has 4 nitrogen and oxygen atoms in total. The molecule has 0 aromatic heterocycles. The number of aliphatic hydroxyl groups is 1. The number of halogens is 6. The molecular formula is C64H49I6N3O. The lowest BCUT2D eigenvalue weighted by Crippen LogP contribution is -2.31. The van der Waals surface area contributed by atoms with Gasteiger partial charge in [0.15, 0.2) is 0 Å². The van der Waals surface area contributed by atoms with Gasteiger partial charge in [0, 0.05) is 38.5 Å². The highest BCUT2D eigenvalue weighted by atomic mass is 127. The first-order valence-electron chi connectivity index (χ1n) is 23.3. The van der Waals surface area contributed by atoms with Crippen LogP contribution in [0.1, 0.15) is 50.1 Å². The Labute approximate surface area is 515 Å². The molecule has 10 heteroatoms. The Bertz CT molecular complexity index is 3190. The maximum Gasteiger partial charge on any atom is 0.140 e. The molecule has 10 aromatic rings. The number of anilines is 3. The average molecular weight is 1640 g/mol. The first-order valence-corrected chi connectivity index (χ1v) is 29.8. The predicted molar refractivity (Wildman–Crippen MR) is 361 cm³/mol. The van der Waals surface area contributed by atoms with Gasteiger partial charge in [0.2, 0.25) is 0 Å². The van der Waals surface area contributed by atoms with Gasteiger partial charge < -0.3 is 22.3 Å². The third-order valence-corrected chi connectivity index (χ3v) is 16.9. The van der Waals surface area contributed by atoms with Gasteiger partial charge in [-0.25, -0.2) is 0 Å². The molecule has 0 aliphatic rings. The Kier molecular flexibility index (Phi) is 19.4. The Morgan fingerprint density at radius 3 is 0.770 bits per heavy atom. The number of rotatable bonds is 9. The van der Waals surface area contributed by atoms with Crippen molar-refractivity contribution in [3.05, 3.63) is 325 Å². The van der Waals surface area contributed by atoms with Crippen LogP contribution >= 0.6 is 136 Å². The van der Waals surface area contributed by atoms with Gasteiger partial charge in [0.05, 0.1) is 5.41 Å². The van der Waals surface area contributed by atoms with Gasteiger partial charge in [-0.1, -0.05) is 140 Å². The van der Waals surface area contributed by atoms with Crippen LogP contribution in [0.4, 0.5) is 17.1 Å². The number of hydrogen-bond donors (Lipinski definition) is 4. The number of hydrogen-bond acceptors (Lipinski definition) is 4. The van der Waals surface area contributed by atoms with Gasteiger partial charge in [-0.05, 0) is 311 Å². The van der Waals surface area contributed by atoms with E-state index >= 15 is 0 Å². The van der Waals surface area contributed by atoms with E-state index in [1.54, 1.807) is 0 Å². The monoisotopic (exact) mass is 1640 g/mol. The van der Waals surface area contributed by atoms with Crippen molar-refractivity contribution in [1.82, 2.24) is 0 Å². The van der Waals surface area contributed by atoms with E-state index in [1.165, 1.54) is 33.0 Å². The van der Waals surface area contributed by atoms with Gasteiger partial charge in [-0.2, -0.15) is 0 Å². The van der Waals surface area contributed by atoms with E-state index in [0.29, 0.717) is 0 Å². The standard InChI is InChI=1S/C25H18I3N.C20H18N2.C19H13I3O/c26-21-9-1-17(2-10-21)25(18-3-11-22(27)12-4-18,19-5-13-23(28)14-6-19)20-7-15-24(29)16-8-20;1-14-2-4-15(5-3-14)20(16-6-10-18(21)11-7-16)17-8-12-19(22)13-9-17;20-16-7-1-13(2-8-16)19(23,14-3-9-17(21)10-4-14)15-5-11-18(22)12-6-15/h1-16H,29H2;2-13H,1,21-22H2;1-12,23H. The fourth-order valence-corrected chi connectivity index (χ4v) is 11.0. The van der Waals surface area contributed by atoms with Crippen LogP contribution in [0.25, 0.3) is 12.2 Å². The van der Waals surface area contributed by atoms with E-state index in [0.717, 1.165) is 71.6 Å². The molecular weight excluding hydrogens is 1590 g/mol. The molecule has 10 rings (SSSR count). The zero-order chi connectivity index (χ0) is 52.4. The van der Waals surface area contributed by atoms with Crippen LogP contribution in [-0.2, 0) is 11.0 Å². The summed E-state index contributed by atoms with van der Waals surface area (Å²) < 4.78 is 7.13. The summed E-state index contributed by atoms with van der Waals surface area (Å²) in [5.41, 5.74) is 29.3. The summed E-state index contributed by atoms with van der Waals surface area (Å²) in [4.78, 5) is 0. The predicted octanol–water partition coefficient (Wildman–Crippen LogP) is 15.8. The molecule has 0 heterocycles. The zero-order valence-electron chi connectivity index (χ0n) is 39.7. The molecule has 0 bridgehead atoms. The minimum Gasteiger partial charge on any atom is -0.399 e. The lowest BCUT2D eigenvalue weighted by molar-refractivity contribution is 0.125. The maximum absolute atomic E-state index is 11.7. The van der Waals surface area contributed by atoms with Crippen LogP contribution in [0.5, 0.6) is 0 Å². The molecule has 0 aliphatic heterocycles. The Balaban J connectivity index is 0.000000150. The summed E-state index contributed by atoms with van der Waals surface area (Å²) in [6.45, 7) is 3.95. The first kappa shape index (κ1) is 55.9. The van der Waals surface area contributed by atoms with Crippen molar-refractivity contribution in [3.63, 3.8) is 0 Å². The van der Waals surface area contributed by atoms with Gasteiger partial charge in [0.1, 0.15) is 5.60 Å². The molecule has 0 atom stereocenters. The Morgan fingerprint density at radius 2 is 0.514 bits per heavy atom. The fourth-order valence-electron chi connectivity index (χ4n) is 8.88. The lowest BCUT2D eigenvalue weighted by atomic mass is 9.65. The van der Waals surface area contributed by atoms with Crippen LogP contribution < -0.4 is 27.6 Å². The summed E-state index contributed by atoms with van der Waals surface area (Å²) in [7, 11) is 0. The first-order chi connectivity index (χ1) is 35.6. The third-order valence-electron chi connectivity index (χ3n) is 12.6. The van der Waals surface area contributed by atoms with E-state index in [4.69, 9.17) is 17.2 Å². The number of benzene rings is 10. The van der Waals surface area contributed by atoms with Crippen LogP contribution in [0.2, 0.25) is 0 Å². The second kappa shape index (κ2) is 25.7. The summed E-state index contributed by atoms with van der Waals surface area (Å²) in [6, 6.07) is 83.1. The lowest BCUT2D eigenvalue weighted by Gasteiger charge is -2.37. The van der Waals surface area contributed by atoms with Crippen molar-refractivity contribution in [1.29, 1.82) is 0 Å². The van der Waals surface area contributed by atoms with Gasteiger partial charge in [-0.3, -0.25) is 0 Å². The molecule has 0 saturated carbocycles. The van der Waals surface area contributed by atoms with Crippen LogP contribution in [-0.4, -0.2) is 5.11 Å². The van der Waals surface area contributed by atoms with Crippen LogP contribution in [0.3, 0.4) is 0 Å². The van der Waals surface area contributed by atoms with Gasteiger partial charge in [0.25, 0.3) is 0 Å². The Morgan fingerprint density at radius 1 is 0.297 bits per heavy atom. The molecule has 0 aliphatic carbocycles. The highest BCUT2D eigenvalue weighted by Gasteiger charge is 2.38. The normalized spacial score (nSPS) is 11.1. The average Bonchev–Trinajstić information content (AvgIpc) is 3.41. The van der Waals surface area contributed by atoms with E-state index in [1.807, 2.05) is 146 Å². The second-order valence-corrected chi connectivity index (χ2v) is 24.9.